The van der Waals surface area contributed by atoms with Crippen molar-refractivity contribution in [2.45, 2.75) is 26.7 Å². The summed E-state index contributed by atoms with van der Waals surface area (Å²) in [6.45, 7) is 8.05. The molecule has 0 radical (unpaired) electrons. The SMILES string of the molecule is CCN1CCC=C(c2ccccc2C)CC1. The van der Waals surface area contributed by atoms with Gasteiger partial charge in [-0.05, 0) is 43.0 Å². The lowest BCUT2D eigenvalue weighted by Gasteiger charge is -2.17. The molecule has 1 heterocycles. The predicted octanol–water partition coefficient (Wildman–Crippen LogP) is 3.49. The minimum Gasteiger partial charge on any atom is -0.303 e. The van der Waals surface area contributed by atoms with E-state index in [-0.39, 0.29) is 0 Å². The Hall–Kier alpha value is -1.08. The van der Waals surface area contributed by atoms with E-state index in [9.17, 15) is 0 Å². The summed E-state index contributed by atoms with van der Waals surface area (Å²) in [7, 11) is 0. The van der Waals surface area contributed by atoms with Crippen molar-refractivity contribution in [1.82, 2.24) is 4.90 Å². The van der Waals surface area contributed by atoms with E-state index >= 15 is 0 Å². The molecule has 1 aromatic carbocycles. The van der Waals surface area contributed by atoms with Crippen LogP contribution in [0.2, 0.25) is 0 Å². The maximum absolute atomic E-state index is 2.53. The smallest absolute Gasteiger partial charge is 0.00219 e. The van der Waals surface area contributed by atoms with Gasteiger partial charge in [-0.25, -0.2) is 0 Å². The van der Waals surface area contributed by atoms with Gasteiger partial charge in [0.2, 0.25) is 0 Å². The number of hydrogen-bond donors (Lipinski definition) is 0. The quantitative estimate of drug-likeness (QED) is 0.730. The van der Waals surface area contributed by atoms with Gasteiger partial charge in [-0.3, -0.25) is 0 Å². The number of rotatable bonds is 2. The van der Waals surface area contributed by atoms with E-state index in [1.54, 1.807) is 0 Å². The van der Waals surface area contributed by atoms with Gasteiger partial charge in [0.1, 0.15) is 0 Å². The van der Waals surface area contributed by atoms with E-state index in [4.69, 9.17) is 0 Å². The fourth-order valence-electron chi connectivity index (χ4n) is 2.41. The Morgan fingerprint density at radius 3 is 2.75 bits per heavy atom. The van der Waals surface area contributed by atoms with Crippen LogP contribution in [0.5, 0.6) is 0 Å². The van der Waals surface area contributed by atoms with Crippen molar-refractivity contribution in [3.8, 4) is 0 Å². The van der Waals surface area contributed by atoms with Gasteiger partial charge in [-0.1, -0.05) is 37.3 Å². The van der Waals surface area contributed by atoms with Crippen LogP contribution >= 0.6 is 0 Å². The normalized spacial score (nSPS) is 18.0. The fourth-order valence-corrected chi connectivity index (χ4v) is 2.41. The third-order valence-corrected chi connectivity index (χ3v) is 3.47. The molecule has 0 saturated heterocycles. The summed E-state index contributed by atoms with van der Waals surface area (Å²) in [5.41, 5.74) is 4.38. The summed E-state index contributed by atoms with van der Waals surface area (Å²) in [6, 6.07) is 8.72. The van der Waals surface area contributed by atoms with Gasteiger partial charge in [0, 0.05) is 13.1 Å². The van der Waals surface area contributed by atoms with Crippen molar-refractivity contribution >= 4 is 5.57 Å². The van der Waals surface area contributed by atoms with Gasteiger partial charge in [-0.15, -0.1) is 0 Å². The highest BCUT2D eigenvalue weighted by atomic mass is 15.1. The zero-order chi connectivity index (χ0) is 11.4. The fraction of sp³-hybridized carbons (Fsp3) is 0.467. The molecule has 1 heteroatoms. The molecule has 0 aromatic heterocycles. The summed E-state index contributed by atoms with van der Waals surface area (Å²) < 4.78 is 0. The van der Waals surface area contributed by atoms with E-state index in [2.05, 4.69) is 49.1 Å². The Kier molecular flexibility index (Phi) is 3.79. The summed E-state index contributed by atoms with van der Waals surface area (Å²) in [5.74, 6) is 0. The molecule has 0 atom stereocenters. The van der Waals surface area contributed by atoms with Crippen molar-refractivity contribution < 1.29 is 0 Å². The zero-order valence-electron chi connectivity index (χ0n) is 10.4. The third-order valence-electron chi connectivity index (χ3n) is 3.47. The number of hydrogen-bond acceptors (Lipinski definition) is 1. The maximum atomic E-state index is 2.53. The largest absolute Gasteiger partial charge is 0.303 e. The lowest BCUT2D eigenvalue weighted by molar-refractivity contribution is 0.306. The van der Waals surface area contributed by atoms with Gasteiger partial charge >= 0.3 is 0 Å². The standard InChI is InChI=1S/C15H21N/c1-3-16-11-6-8-14(10-12-16)15-9-5-4-7-13(15)2/h4-5,7-9H,3,6,10-12H2,1-2H3. The monoisotopic (exact) mass is 215 g/mol. The van der Waals surface area contributed by atoms with Crippen LogP contribution in [-0.2, 0) is 0 Å². The average Bonchev–Trinajstić information content (AvgIpc) is 2.55. The maximum Gasteiger partial charge on any atom is 0.00219 e. The van der Waals surface area contributed by atoms with E-state index < -0.39 is 0 Å². The first-order valence-corrected chi connectivity index (χ1v) is 6.28. The summed E-state index contributed by atoms with van der Waals surface area (Å²) in [6.07, 6.45) is 4.81. The van der Waals surface area contributed by atoms with E-state index in [1.807, 2.05) is 0 Å². The first kappa shape index (κ1) is 11.4. The lowest BCUT2D eigenvalue weighted by Crippen LogP contribution is -2.24. The average molecular weight is 215 g/mol. The summed E-state index contributed by atoms with van der Waals surface area (Å²) >= 11 is 0. The summed E-state index contributed by atoms with van der Waals surface area (Å²) in [5, 5.41) is 0. The van der Waals surface area contributed by atoms with Gasteiger partial charge in [-0.2, -0.15) is 0 Å². The molecule has 0 unspecified atom stereocenters. The van der Waals surface area contributed by atoms with Crippen LogP contribution in [0.1, 0.15) is 30.9 Å². The molecule has 0 fully saturated rings. The highest BCUT2D eigenvalue weighted by Gasteiger charge is 2.10. The minimum atomic E-state index is 1.18. The Morgan fingerprint density at radius 2 is 2.00 bits per heavy atom. The Morgan fingerprint density at radius 1 is 1.19 bits per heavy atom. The van der Waals surface area contributed by atoms with Crippen molar-refractivity contribution in [3.63, 3.8) is 0 Å². The first-order chi connectivity index (χ1) is 7.81. The lowest BCUT2D eigenvalue weighted by atomic mass is 9.98. The number of aryl methyl sites for hydroxylation is 1. The first-order valence-electron chi connectivity index (χ1n) is 6.28. The number of benzene rings is 1. The molecule has 0 saturated carbocycles. The van der Waals surface area contributed by atoms with Crippen LogP contribution in [0.3, 0.4) is 0 Å². The molecule has 1 aliphatic heterocycles. The van der Waals surface area contributed by atoms with Crippen LogP contribution in [0, 0.1) is 6.92 Å². The van der Waals surface area contributed by atoms with Crippen molar-refractivity contribution in [1.29, 1.82) is 0 Å². The molecule has 0 aliphatic carbocycles. The third kappa shape index (κ3) is 2.53. The second-order valence-corrected chi connectivity index (χ2v) is 4.52. The summed E-state index contributed by atoms with van der Waals surface area (Å²) in [4.78, 5) is 2.53. The highest BCUT2D eigenvalue weighted by Crippen LogP contribution is 2.24. The Bertz CT molecular complexity index is 379. The van der Waals surface area contributed by atoms with Crippen LogP contribution in [0.25, 0.3) is 5.57 Å². The van der Waals surface area contributed by atoms with Crippen molar-refractivity contribution in [2.75, 3.05) is 19.6 Å². The van der Waals surface area contributed by atoms with Crippen molar-refractivity contribution in [3.05, 3.63) is 41.5 Å². The minimum absolute atomic E-state index is 1.18. The molecule has 86 valence electrons. The van der Waals surface area contributed by atoms with Crippen LogP contribution < -0.4 is 0 Å². The predicted molar refractivity (Wildman–Crippen MR) is 70.5 cm³/mol. The molecule has 1 aromatic rings. The van der Waals surface area contributed by atoms with E-state index in [1.165, 1.54) is 49.2 Å². The molecule has 1 aliphatic rings. The second kappa shape index (κ2) is 5.31. The molecular weight excluding hydrogens is 194 g/mol. The highest BCUT2D eigenvalue weighted by molar-refractivity contribution is 5.68. The molecule has 0 amide bonds. The second-order valence-electron chi connectivity index (χ2n) is 4.52. The van der Waals surface area contributed by atoms with Crippen LogP contribution in [-0.4, -0.2) is 24.5 Å². The zero-order valence-corrected chi connectivity index (χ0v) is 10.4. The Labute approximate surface area is 98.8 Å². The van der Waals surface area contributed by atoms with Gasteiger partial charge in [0.25, 0.3) is 0 Å². The van der Waals surface area contributed by atoms with E-state index in [0.29, 0.717) is 0 Å². The van der Waals surface area contributed by atoms with Crippen LogP contribution in [0.4, 0.5) is 0 Å². The molecule has 1 nitrogen and oxygen atoms in total. The molecule has 16 heavy (non-hydrogen) atoms. The molecule has 0 spiro atoms. The molecule has 0 bridgehead atoms. The molecule has 0 N–H and O–H groups in total. The Balaban J connectivity index is 2.16. The van der Waals surface area contributed by atoms with E-state index in [0.717, 1.165) is 0 Å². The van der Waals surface area contributed by atoms with Crippen molar-refractivity contribution in [2.24, 2.45) is 0 Å². The van der Waals surface area contributed by atoms with Crippen LogP contribution in [0.15, 0.2) is 30.3 Å². The van der Waals surface area contributed by atoms with Gasteiger partial charge in [0.05, 0.1) is 0 Å². The topological polar surface area (TPSA) is 3.24 Å². The van der Waals surface area contributed by atoms with Gasteiger partial charge in [0.15, 0.2) is 0 Å². The molecular formula is C15H21N. The van der Waals surface area contributed by atoms with Gasteiger partial charge < -0.3 is 4.90 Å². The number of nitrogens with zero attached hydrogens (tertiary/aromatic N) is 1. The molecule has 2 rings (SSSR count).